The third-order valence-electron chi connectivity index (χ3n) is 2.67. The lowest BCUT2D eigenvalue weighted by Gasteiger charge is -2.19. The number of sulfonamides is 1. The highest BCUT2D eigenvalue weighted by molar-refractivity contribution is 9.10. The number of nitrogens with one attached hydrogen (secondary N) is 1. The molecule has 106 valence electrons. The second-order valence-electron chi connectivity index (χ2n) is 3.91. The summed E-state index contributed by atoms with van der Waals surface area (Å²) in [5, 5.41) is 2.78. The van der Waals surface area contributed by atoms with E-state index in [2.05, 4.69) is 31.2 Å². The first-order valence-corrected chi connectivity index (χ1v) is 7.93. The fourth-order valence-corrected chi connectivity index (χ4v) is 3.42. The number of hydrogen-bond acceptors (Lipinski definition) is 5. The van der Waals surface area contributed by atoms with Crippen LogP contribution in [0.1, 0.15) is 0 Å². The Bertz CT molecular complexity index is 707. The van der Waals surface area contributed by atoms with Crippen molar-refractivity contribution in [3.05, 3.63) is 41.1 Å². The molecule has 0 amide bonds. The third-order valence-corrected chi connectivity index (χ3v) is 4.88. The zero-order valence-electron chi connectivity index (χ0n) is 10.9. The van der Waals surface area contributed by atoms with E-state index in [0.29, 0.717) is 10.3 Å². The predicted octanol–water partition coefficient (Wildman–Crippen LogP) is 2.11. The second kappa shape index (κ2) is 5.76. The van der Waals surface area contributed by atoms with Crippen molar-refractivity contribution in [2.24, 2.45) is 0 Å². The van der Waals surface area contributed by atoms with Crippen LogP contribution in [-0.4, -0.2) is 32.5 Å². The van der Waals surface area contributed by atoms with Crippen LogP contribution in [0.2, 0.25) is 0 Å². The van der Waals surface area contributed by atoms with Crippen molar-refractivity contribution >= 4 is 37.6 Å². The van der Waals surface area contributed by atoms with Gasteiger partial charge in [0, 0.05) is 31.0 Å². The summed E-state index contributed by atoms with van der Waals surface area (Å²) in [6, 6.07) is 6.59. The minimum atomic E-state index is -3.74. The van der Waals surface area contributed by atoms with Crippen molar-refractivity contribution in [2.75, 3.05) is 23.7 Å². The summed E-state index contributed by atoms with van der Waals surface area (Å²) in [7, 11) is -0.664. The largest absolute Gasteiger partial charge is 0.372 e. The van der Waals surface area contributed by atoms with Gasteiger partial charge in [0.15, 0.2) is 0 Å². The highest BCUT2D eigenvalue weighted by Crippen LogP contribution is 2.27. The first-order chi connectivity index (χ1) is 9.46. The average molecular weight is 357 g/mol. The molecule has 0 atom stereocenters. The van der Waals surface area contributed by atoms with E-state index in [1.807, 2.05) is 0 Å². The first kappa shape index (κ1) is 14.7. The van der Waals surface area contributed by atoms with E-state index < -0.39 is 10.0 Å². The highest BCUT2D eigenvalue weighted by Gasteiger charge is 2.26. The van der Waals surface area contributed by atoms with Crippen LogP contribution >= 0.6 is 15.9 Å². The maximum Gasteiger partial charge on any atom is 0.268 e. The standard InChI is InChI=1S/C12H13BrN4O2S/c1-14-12-10(7-9(13)8-16-12)20(18,19)17(2)11-5-3-4-6-15-11/h3-8H,1-2H3,(H,14,16). The molecule has 8 heteroatoms. The molecule has 0 unspecified atom stereocenters. The fourth-order valence-electron chi connectivity index (χ4n) is 1.62. The Morgan fingerprint density at radius 1 is 1.30 bits per heavy atom. The summed E-state index contributed by atoms with van der Waals surface area (Å²) in [6.07, 6.45) is 3.07. The smallest absolute Gasteiger partial charge is 0.268 e. The van der Waals surface area contributed by atoms with Gasteiger partial charge >= 0.3 is 0 Å². The molecule has 6 nitrogen and oxygen atoms in total. The van der Waals surface area contributed by atoms with E-state index in [1.54, 1.807) is 31.4 Å². The molecule has 0 fully saturated rings. The van der Waals surface area contributed by atoms with Gasteiger partial charge in [0.1, 0.15) is 16.5 Å². The van der Waals surface area contributed by atoms with E-state index in [1.165, 1.54) is 19.3 Å². The van der Waals surface area contributed by atoms with E-state index in [0.717, 1.165) is 4.31 Å². The molecule has 0 bridgehead atoms. The Labute approximate surface area is 126 Å². The Balaban J connectivity index is 2.53. The lowest BCUT2D eigenvalue weighted by Crippen LogP contribution is -2.28. The van der Waals surface area contributed by atoms with Crippen molar-refractivity contribution in [1.82, 2.24) is 9.97 Å². The van der Waals surface area contributed by atoms with Crippen molar-refractivity contribution in [3.8, 4) is 0 Å². The van der Waals surface area contributed by atoms with Gasteiger partial charge in [-0.2, -0.15) is 0 Å². The van der Waals surface area contributed by atoms with Gasteiger partial charge in [0.05, 0.1) is 0 Å². The molecule has 0 saturated heterocycles. The summed E-state index contributed by atoms with van der Waals surface area (Å²) in [5.41, 5.74) is 0. The maximum absolute atomic E-state index is 12.6. The Morgan fingerprint density at radius 3 is 2.65 bits per heavy atom. The second-order valence-corrected chi connectivity index (χ2v) is 6.76. The molecule has 2 aromatic rings. The Morgan fingerprint density at radius 2 is 2.05 bits per heavy atom. The molecule has 0 spiro atoms. The molecule has 1 N–H and O–H groups in total. The number of halogens is 1. The van der Waals surface area contributed by atoms with Gasteiger partial charge in [-0.3, -0.25) is 4.31 Å². The predicted molar refractivity (Wildman–Crippen MR) is 81.3 cm³/mol. The van der Waals surface area contributed by atoms with E-state index in [9.17, 15) is 8.42 Å². The number of nitrogens with zero attached hydrogens (tertiary/aromatic N) is 3. The van der Waals surface area contributed by atoms with Crippen molar-refractivity contribution < 1.29 is 8.42 Å². The lowest BCUT2D eigenvalue weighted by molar-refractivity contribution is 0.594. The van der Waals surface area contributed by atoms with Crippen LogP contribution < -0.4 is 9.62 Å². The monoisotopic (exact) mass is 356 g/mol. The van der Waals surface area contributed by atoms with Gasteiger partial charge in [-0.05, 0) is 34.1 Å². The average Bonchev–Trinajstić information content (AvgIpc) is 2.47. The fraction of sp³-hybridized carbons (Fsp3) is 0.167. The van der Waals surface area contributed by atoms with Crippen LogP contribution in [-0.2, 0) is 10.0 Å². The molecule has 0 radical (unpaired) electrons. The minimum Gasteiger partial charge on any atom is -0.372 e. The number of aromatic nitrogens is 2. The van der Waals surface area contributed by atoms with Gasteiger partial charge in [-0.25, -0.2) is 18.4 Å². The molecule has 0 aliphatic heterocycles. The van der Waals surface area contributed by atoms with Crippen LogP contribution in [0.3, 0.4) is 0 Å². The summed E-state index contributed by atoms with van der Waals surface area (Å²) < 4.78 is 27.0. The summed E-state index contributed by atoms with van der Waals surface area (Å²) in [5.74, 6) is 0.630. The van der Waals surface area contributed by atoms with Crippen LogP contribution in [0.25, 0.3) is 0 Å². The number of pyridine rings is 2. The zero-order chi connectivity index (χ0) is 14.8. The number of anilines is 2. The Hall–Kier alpha value is -1.67. The van der Waals surface area contributed by atoms with E-state index in [-0.39, 0.29) is 10.7 Å². The van der Waals surface area contributed by atoms with E-state index in [4.69, 9.17) is 0 Å². The molecular weight excluding hydrogens is 344 g/mol. The summed E-state index contributed by atoms with van der Waals surface area (Å²) >= 11 is 3.23. The van der Waals surface area contributed by atoms with Crippen LogP contribution in [0.4, 0.5) is 11.6 Å². The molecular formula is C12H13BrN4O2S. The van der Waals surface area contributed by atoms with Crippen LogP contribution in [0.15, 0.2) is 46.0 Å². The number of hydrogen-bond donors (Lipinski definition) is 1. The number of rotatable bonds is 4. The molecule has 2 aromatic heterocycles. The van der Waals surface area contributed by atoms with Gasteiger partial charge in [0.25, 0.3) is 10.0 Å². The van der Waals surface area contributed by atoms with Crippen LogP contribution in [0, 0.1) is 0 Å². The SMILES string of the molecule is CNc1ncc(Br)cc1S(=O)(=O)N(C)c1ccccn1. The molecule has 2 heterocycles. The molecule has 0 aromatic carbocycles. The van der Waals surface area contributed by atoms with Crippen molar-refractivity contribution in [1.29, 1.82) is 0 Å². The quantitative estimate of drug-likeness (QED) is 0.907. The zero-order valence-corrected chi connectivity index (χ0v) is 13.3. The summed E-state index contributed by atoms with van der Waals surface area (Å²) in [6.45, 7) is 0. The summed E-state index contributed by atoms with van der Waals surface area (Å²) in [4.78, 5) is 8.18. The first-order valence-electron chi connectivity index (χ1n) is 5.70. The van der Waals surface area contributed by atoms with Crippen molar-refractivity contribution in [2.45, 2.75) is 4.90 Å². The minimum absolute atomic E-state index is 0.0857. The normalized spacial score (nSPS) is 11.2. The lowest BCUT2D eigenvalue weighted by atomic mass is 10.4. The molecule has 0 aliphatic carbocycles. The Kier molecular flexibility index (Phi) is 4.24. The molecule has 0 aliphatic rings. The van der Waals surface area contributed by atoms with Crippen molar-refractivity contribution in [3.63, 3.8) is 0 Å². The molecule has 20 heavy (non-hydrogen) atoms. The third kappa shape index (κ3) is 2.75. The van der Waals surface area contributed by atoms with E-state index >= 15 is 0 Å². The van der Waals surface area contributed by atoms with Crippen LogP contribution in [0.5, 0.6) is 0 Å². The van der Waals surface area contributed by atoms with Gasteiger partial charge in [-0.1, -0.05) is 6.07 Å². The topological polar surface area (TPSA) is 75.2 Å². The molecule has 0 saturated carbocycles. The molecule has 2 rings (SSSR count). The van der Waals surface area contributed by atoms with Gasteiger partial charge in [0.2, 0.25) is 0 Å². The highest BCUT2D eigenvalue weighted by atomic mass is 79.9. The maximum atomic E-state index is 12.6. The van der Waals surface area contributed by atoms with Gasteiger partial charge < -0.3 is 5.32 Å². The van der Waals surface area contributed by atoms with Gasteiger partial charge in [-0.15, -0.1) is 0 Å².